The second-order valence-corrected chi connectivity index (χ2v) is 7.55. The summed E-state index contributed by atoms with van der Waals surface area (Å²) < 4.78 is 6.79. The topological polar surface area (TPSA) is 9.23 Å². The van der Waals surface area contributed by atoms with E-state index in [9.17, 15) is 0 Å². The summed E-state index contributed by atoms with van der Waals surface area (Å²) in [5, 5.41) is 0. The minimum Gasteiger partial charge on any atom is -0.364 e. The van der Waals surface area contributed by atoms with Gasteiger partial charge in [0.25, 0.3) is 0 Å². The molecule has 2 aliphatic carbocycles. The van der Waals surface area contributed by atoms with Crippen LogP contribution in [0, 0.1) is 5.92 Å². The zero-order chi connectivity index (χ0) is 15.6. The van der Waals surface area contributed by atoms with Crippen molar-refractivity contribution in [3.63, 3.8) is 0 Å². The summed E-state index contributed by atoms with van der Waals surface area (Å²) in [7, 11) is 0. The lowest BCUT2D eigenvalue weighted by molar-refractivity contribution is -0.161. The van der Waals surface area contributed by atoms with Crippen LogP contribution in [-0.2, 0) is 4.74 Å². The predicted molar refractivity (Wildman–Crippen MR) is 93.1 cm³/mol. The second-order valence-electron chi connectivity index (χ2n) is 7.55. The monoisotopic (exact) mass is 298 g/mol. The molecule has 0 saturated heterocycles. The lowest BCUT2D eigenvalue weighted by Crippen LogP contribution is -2.45. The maximum atomic E-state index is 6.79. The van der Waals surface area contributed by atoms with Crippen LogP contribution in [0.2, 0.25) is 0 Å². The summed E-state index contributed by atoms with van der Waals surface area (Å²) in [5.41, 5.74) is 1.53. The van der Waals surface area contributed by atoms with Gasteiger partial charge in [0.15, 0.2) is 0 Å². The maximum Gasteiger partial charge on any atom is 0.0870 e. The van der Waals surface area contributed by atoms with Crippen molar-refractivity contribution < 1.29 is 4.74 Å². The first kappa shape index (κ1) is 15.8. The molecular weight excluding hydrogens is 268 g/mol. The van der Waals surface area contributed by atoms with Crippen LogP contribution in [0.5, 0.6) is 0 Å². The van der Waals surface area contributed by atoms with Crippen LogP contribution in [-0.4, -0.2) is 11.2 Å². The Balaban J connectivity index is 1.68. The predicted octanol–water partition coefficient (Wildman–Crippen LogP) is 5.86. The van der Waals surface area contributed by atoms with Crippen LogP contribution in [0.25, 0.3) is 0 Å². The van der Waals surface area contributed by atoms with E-state index in [2.05, 4.69) is 63.3 Å². The van der Waals surface area contributed by atoms with Crippen molar-refractivity contribution in [1.82, 2.24) is 0 Å². The first-order valence-electron chi connectivity index (χ1n) is 9.00. The Hall–Kier alpha value is -1.08. The molecule has 0 amide bonds. The van der Waals surface area contributed by atoms with Gasteiger partial charge in [-0.25, -0.2) is 0 Å². The van der Waals surface area contributed by atoms with Gasteiger partial charge in [-0.1, -0.05) is 56.3 Å². The first-order valence-corrected chi connectivity index (χ1v) is 9.00. The van der Waals surface area contributed by atoms with Gasteiger partial charge in [-0.05, 0) is 62.8 Å². The van der Waals surface area contributed by atoms with Crippen molar-refractivity contribution in [1.29, 1.82) is 0 Å². The van der Waals surface area contributed by atoms with Crippen LogP contribution >= 0.6 is 0 Å². The second kappa shape index (κ2) is 6.20. The molecule has 1 fully saturated rings. The molecule has 1 nitrogen and oxygen atoms in total. The minimum absolute atomic E-state index is 0.0599. The third-order valence-corrected chi connectivity index (χ3v) is 6.17. The molecule has 120 valence electrons. The highest BCUT2D eigenvalue weighted by molar-refractivity contribution is 5.20. The van der Waals surface area contributed by atoms with Gasteiger partial charge in [0, 0.05) is 0 Å². The molecule has 1 aromatic carbocycles. The van der Waals surface area contributed by atoms with Crippen molar-refractivity contribution in [3.8, 4) is 0 Å². The lowest BCUT2D eigenvalue weighted by atomic mass is 9.74. The summed E-state index contributed by atoms with van der Waals surface area (Å²) in [6, 6.07) is 11.0. The molecule has 22 heavy (non-hydrogen) atoms. The van der Waals surface area contributed by atoms with E-state index in [1.54, 1.807) is 0 Å². The third kappa shape index (κ3) is 3.01. The molecular formula is C21H30O. The van der Waals surface area contributed by atoms with Crippen molar-refractivity contribution in [3.05, 3.63) is 48.0 Å². The van der Waals surface area contributed by atoms with E-state index in [0.717, 1.165) is 12.8 Å². The van der Waals surface area contributed by atoms with Gasteiger partial charge >= 0.3 is 0 Å². The number of allylic oxidation sites excluding steroid dienone is 1. The number of ether oxygens (including phenoxy) is 1. The van der Waals surface area contributed by atoms with Gasteiger partial charge in [0.05, 0.1) is 11.2 Å². The van der Waals surface area contributed by atoms with Gasteiger partial charge in [0.1, 0.15) is 0 Å². The smallest absolute Gasteiger partial charge is 0.0870 e. The SMILES string of the molecule is CCC1(OC2(C)C=CCC2C)CCC(c2ccccc2)CC1. The minimum atomic E-state index is -0.0599. The Morgan fingerprint density at radius 1 is 1.14 bits per heavy atom. The van der Waals surface area contributed by atoms with E-state index >= 15 is 0 Å². The standard InChI is InChI=1S/C21H30O/c1-4-21(22-20(3)14-8-9-17(20)2)15-12-19(13-16-21)18-10-6-5-7-11-18/h5-8,10-11,14,17,19H,4,9,12-13,15-16H2,1-3H3. The quantitative estimate of drug-likeness (QED) is 0.632. The molecule has 0 N–H and O–H groups in total. The van der Waals surface area contributed by atoms with Gasteiger partial charge in [-0.2, -0.15) is 0 Å². The third-order valence-electron chi connectivity index (χ3n) is 6.17. The Kier molecular flexibility index (Phi) is 4.45. The van der Waals surface area contributed by atoms with Crippen molar-refractivity contribution in [2.24, 2.45) is 5.92 Å². The zero-order valence-corrected chi connectivity index (χ0v) is 14.3. The molecule has 2 aliphatic rings. The van der Waals surface area contributed by atoms with E-state index in [1.165, 1.54) is 31.2 Å². The summed E-state index contributed by atoms with van der Waals surface area (Å²) in [4.78, 5) is 0. The largest absolute Gasteiger partial charge is 0.364 e. The van der Waals surface area contributed by atoms with Crippen LogP contribution in [0.4, 0.5) is 0 Å². The van der Waals surface area contributed by atoms with E-state index < -0.39 is 0 Å². The normalized spacial score (nSPS) is 38.3. The summed E-state index contributed by atoms with van der Waals surface area (Å²) >= 11 is 0. The number of hydrogen-bond donors (Lipinski definition) is 0. The highest BCUT2D eigenvalue weighted by atomic mass is 16.5. The summed E-state index contributed by atoms with van der Waals surface area (Å²) in [6.07, 6.45) is 11.8. The summed E-state index contributed by atoms with van der Waals surface area (Å²) in [5.74, 6) is 1.32. The molecule has 0 aliphatic heterocycles. The highest BCUT2D eigenvalue weighted by Gasteiger charge is 2.43. The fraction of sp³-hybridized carbons (Fsp3) is 0.619. The molecule has 0 heterocycles. The van der Waals surface area contributed by atoms with E-state index in [-0.39, 0.29) is 11.2 Å². The Bertz CT molecular complexity index is 510. The average molecular weight is 298 g/mol. The fourth-order valence-corrected chi connectivity index (χ4v) is 4.24. The van der Waals surface area contributed by atoms with Gasteiger partial charge < -0.3 is 4.74 Å². The number of benzene rings is 1. The van der Waals surface area contributed by atoms with Crippen LogP contribution in [0.15, 0.2) is 42.5 Å². The lowest BCUT2D eigenvalue weighted by Gasteiger charge is -2.46. The van der Waals surface area contributed by atoms with E-state index in [0.29, 0.717) is 11.8 Å². The van der Waals surface area contributed by atoms with Gasteiger partial charge in [-0.3, -0.25) is 0 Å². The molecule has 2 atom stereocenters. The van der Waals surface area contributed by atoms with Crippen LogP contribution in [0.3, 0.4) is 0 Å². The van der Waals surface area contributed by atoms with Crippen molar-refractivity contribution in [2.45, 2.75) is 76.4 Å². The Morgan fingerprint density at radius 2 is 1.82 bits per heavy atom. The van der Waals surface area contributed by atoms with Crippen LogP contribution < -0.4 is 0 Å². The molecule has 0 radical (unpaired) electrons. The average Bonchev–Trinajstić information content (AvgIpc) is 2.87. The molecule has 0 spiro atoms. The molecule has 0 aromatic heterocycles. The number of rotatable bonds is 4. The molecule has 1 aromatic rings. The molecule has 3 rings (SSSR count). The Labute approximate surface area is 135 Å². The van der Waals surface area contributed by atoms with Crippen molar-refractivity contribution >= 4 is 0 Å². The van der Waals surface area contributed by atoms with Crippen molar-refractivity contribution in [2.75, 3.05) is 0 Å². The molecule has 0 bridgehead atoms. The molecule has 1 saturated carbocycles. The molecule has 1 heteroatoms. The van der Waals surface area contributed by atoms with Gasteiger partial charge in [0.2, 0.25) is 0 Å². The number of hydrogen-bond acceptors (Lipinski definition) is 1. The van der Waals surface area contributed by atoms with E-state index in [1.807, 2.05) is 0 Å². The van der Waals surface area contributed by atoms with E-state index in [4.69, 9.17) is 4.74 Å². The highest BCUT2D eigenvalue weighted by Crippen LogP contribution is 2.46. The van der Waals surface area contributed by atoms with Crippen LogP contribution in [0.1, 0.15) is 70.8 Å². The maximum absolute atomic E-state index is 6.79. The zero-order valence-electron chi connectivity index (χ0n) is 14.3. The van der Waals surface area contributed by atoms with Gasteiger partial charge in [-0.15, -0.1) is 0 Å². The first-order chi connectivity index (χ1) is 10.6. The fourth-order valence-electron chi connectivity index (χ4n) is 4.24. The summed E-state index contributed by atoms with van der Waals surface area (Å²) in [6.45, 7) is 6.90. The molecule has 2 unspecified atom stereocenters. The Morgan fingerprint density at radius 3 is 2.36 bits per heavy atom.